The third kappa shape index (κ3) is 4.43. The van der Waals surface area contributed by atoms with E-state index in [1.807, 2.05) is 59.3 Å². The highest BCUT2D eigenvalue weighted by Crippen LogP contribution is 2.34. The normalized spacial score (nSPS) is 15.2. The van der Waals surface area contributed by atoms with Crippen molar-refractivity contribution in [2.45, 2.75) is 18.9 Å². The summed E-state index contributed by atoms with van der Waals surface area (Å²) in [6.07, 6.45) is 4.61. The number of H-pyrrole nitrogens is 1. The van der Waals surface area contributed by atoms with Gasteiger partial charge in [0.1, 0.15) is 17.1 Å². The first kappa shape index (κ1) is 23.2. The van der Waals surface area contributed by atoms with Gasteiger partial charge in [-0.15, -0.1) is 0 Å². The molecule has 1 fully saturated rings. The largest absolute Gasteiger partial charge is 0.457 e. The number of nitrogens with one attached hydrogen (secondary N) is 2. The third-order valence-electron chi connectivity index (χ3n) is 6.56. The summed E-state index contributed by atoms with van der Waals surface area (Å²) >= 11 is 0. The molecule has 11 heteroatoms. The highest BCUT2D eigenvalue weighted by Gasteiger charge is 2.29. The van der Waals surface area contributed by atoms with Crippen molar-refractivity contribution in [2.75, 3.05) is 18.4 Å². The Labute approximate surface area is 213 Å². The predicted molar refractivity (Wildman–Crippen MR) is 142 cm³/mol. The molecule has 37 heavy (non-hydrogen) atoms. The Morgan fingerprint density at radius 3 is 2.49 bits per heavy atom. The molecule has 0 unspecified atom stereocenters. The Morgan fingerprint density at radius 2 is 1.76 bits per heavy atom. The summed E-state index contributed by atoms with van der Waals surface area (Å²) in [7, 11) is -3.44. The zero-order valence-electron chi connectivity index (χ0n) is 19.9. The zero-order chi connectivity index (χ0) is 25.4. The van der Waals surface area contributed by atoms with E-state index in [-0.39, 0.29) is 6.04 Å². The fraction of sp³-hybridized carbons (Fsp3) is 0.192. The van der Waals surface area contributed by atoms with E-state index in [0.29, 0.717) is 37.4 Å². The molecule has 6 rings (SSSR count). The van der Waals surface area contributed by atoms with Crippen LogP contribution in [0, 0.1) is 0 Å². The molecular weight excluding hydrogens is 490 g/mol. The lowest BCUT2D eigenvalue weighted by atomic mass is 10.1. The van der Waals surface area contributed by atoms with Crippen molar-refractivity contribution in [2.24, 2.45) is 0 Å². The van der Waals surface area contributed by atoms with Crippen molar-refractivity contribution >= 4 is 43.6 Å². The van der Waals surface area contributed by atoms with Gasteiger partial charge in [0.2, 0.25) is 10.0 Å². The molecule has 4 heterocycles. The molecule has 0 aliphatic carbocycles. The average Bonchev–Trinajstić information content (AvgIpc) is 3.38. The smallest absolute Gasteiger partial charge is 0.235 e. The molecule has 188 valence electrons. The van der Waals surface area contributed by atoms with Gasteiger partial charge >= 0.3 is 0 Å². The Kier molecular flexibility index (Phi) is 5.85. The SMILES string of the molecule is C=CS(=O)(=O)N1CCC(n2nc(Nc3ccc(Oc4ccccc4)cc3)c3cnc4[nH]cnc2c43)CC1. The molecular formula is C26H25N7O3S. The molecule has 0 saturated carbocycles. The zero-order valence-corrected chi connectivity index (χ0v) is 20.7. The van der Waals surface area contributed by atoms with E-state index in [4.69, 9.17) is 9.84 Å². The van der Waals surface area contributed by atoms with Crippen LogP contribution in [-0.4, -0.2) is 50.5 Å². The van der Waals surface area contributed by atoms with Gasteiger partial charge in [0, 0.05) is 30.4 Å². The molecule has 1 saturated heterocycles. The Bertz CT molecular complexity index is 1670. The van der Waals surface area contributed by atoms with Crippen LogP contribution in [0.25, 0.3) is 22.1 Å². The van der Waals surface area contributed by atoms with Crippen LogP contribution in [0.5, 0.6) is 11.5 Å². The van der Waals surface area contributed by atoms with E-state index in [9.17, 15) is 8.42 Å². The molecule has 0 radical (unpaired) electrons. The topological polar surface area (TPSA) is 118 Å². The average molecular weight is 516 g/mol. The van der Waals surface area contributed by atoms with Gasteiger partial charge in [0.15, 0.2) is 11.5 Å². The van der Waals surface area contributed by atoms with E-state index in [1.54, 1.807) is 12.5 Å². The second kappa shape index (κ2) is 9.34. The summed E-state index contributed by atoms with van der Waals surface area (Å²) in [6.45, 7) is 4.23. The Balaban J connectivity index is 1.31. The number of hydrogen-bond donors (Lipinski definition) is 2. The van der Waals surface area contributed by atoms with Gasteiger partial charge in [-0.05, 0) is 49.2 Å². The van der Waals surface area contributed by atoms with Gasteiger partial charge in [-0.2, -0.15) is 9.40 Å². The number of nitrogens with zero attached hydrogens (tertiary/aromatic N) is 5. The molecule has 1 aliphatic rings. The van der Waals surface area contributed by atoms with Crippen LogP contribution in [-0.2, 0) is 10.0 Å². The van der Waals surface area contributed by atoms with Crippen molar-refractivity contribution in [1.82, 2.24) is 29.0 Å². The number of rotatable bonds is 7. The first-order chi connectivity index (χ1) is 18.0. The summed E-state index contributed by atoms with van der Waals surface area (Å²) in [5.41, 5.74) is 2.28. The molecule has 5 aromatic rings. The number of piperidine rings is 1. The fourth-order valence-corrected chi connectivity index (χ4v) is 5.59. The lowest BCUT2D eigenvalue weighted by Crippen LogP contribution is -2.38. The minimum Gasteiger partial charge on any atom is -0.457 e. The van der Waals surface area contributed by atoms with Crippen LogP contribution >= 0.6 is 0 Å². The van der Waals surface area contributed by atoms with Crippen LogP contribution in [0.1, 0.15) is 18.9 Å². The number of aromatic nitrogens is 5. The number of ether oxygens (including phenoxy) is 1. The van der Waals surface area contributed by atoms with Crippen molar-refractivity contribution in [1.29, 1.82) is 0 Å². The molecule has 2 N–H and O–H groups in total. The molecule has 2 aromatic carbocycles. The number of para-hydroxylation sites is 1. The summed E-state index contributed by atoms with van der Waals surface area (Å²) in [5, 5.41) is 11.1. The van der Waals surface area contributed by atoms with Crippen LogP contribution in [0.2, 0.25) is 0 Å². The van der Waals surface area contributed by atoms with E-state index in [1.165, 1.54) is 4.31 Å². The molecule has 0 amide bonds. The molecule has 0 spiro atoms. The molecule has 10 nitrogen and oxygen atoms in total. The quantitative estimate of drug-likeness (QED) is 0.315. The van der Waals surface area contributed by atoms with E-state index in [2.05, 4.69) is 26.8 Å². The van der Waals surface area contributed by atoms with Gasteiger partial charge in [0.25, 0.3) is 0 Å². The second-order valence-electron chi connectivity index (χ2n) is 8.82. The van der Waals surface area contributed by atoms with Gasteiger partial charge < -0.3 is 15.0 Å². The summed E-state index contributed by atoms with van der Waals surface area (Å²) in [6, 6.07) is 17.3. The highest BCUT2D eigenvalue weighted by molar-refractivity contribution is 7.92. The maximum Gasteiger partial charge on any atom is 0.235 e. The standard InChI is InChI=1S/C26H25N7O3S/c1-2-37(34,35)32-14-12-19(13-15-32)33-26-23-22(16-27-25(23)28-17-29-26)24(31-33)30-18-8-10-21(11-9-18)36-20-6-4-3-5-7-20/h2-11,16-17,19H,1,12-15H2,(H,30,31)(H,27,28,29). The number of sulfonamides is 1. The van der Waals surface area contributed by atoms with Crippen LogP contribution < -0.4 is 10.1 Å². The number of aromatic amines is 1. The van der Waals surface area contributed by atoms with Crippen molar-refractivity contribution in [3.05, 3.63) is 79.1 Å². The summed E-state index contributed by atoms with van der Waals surface area (Å²) in [4.78, 5) is 12.2. The van der Waals surface area contributed by atoms with Crippen molar-refractivity contribution in [3.63, 3.8) is 0 Å². The van der Waals surface area contributed by atoms with Crippen LogP contribution in [0.15, 0.2) is 79.1 Å². The van der Waals surface area contributed by atoms with Gasteiger partial charge in [-0.25, -0.2) is 23.1 Å². The maximum absolute atomic E-state index is 12.2. The minimum absolute atomic E-state index is 0.0177. The van der Waals surface area contributed by atoms with Crippen LogP contribution in [0.4, 0.5) is 11.5 Å². The van der Waals surface area contributed by atoms with Crippen LogP contribution in [0.3, 0.4) is 0 Å². The van der Waals surface area contributed by atoms with Crippen molar-refractivity contribution in [3.8, 4) is 11.5 Å². The molecule has 3 aromatic heterocycles. The Morgan fingerprint density at radius 1 is 1.03 bits per heavy atom. The van der Waals surface area contributed by atoms with Crippen molar-refractivity contribution < 1.29 is 13.2 Å². The van der Waals surface area contributed by atoms with E-state index < -0.39 is 10.0 Å². The van der Waals surface area contributed by atoms with Gasteiger partial charge in [-0.1, -0.05) is 24.8 Å². The first-order valence-electron chi connectivity index (χ1n) is 11.9. The highest BCUT2D eigenvalue weighted by atomic mass is 32.2. The third-order valence-corrected chi connectivity index (χ3v) is 8.06. The monoisotopic (exact) mass is 515 g/mol. The number of hydrogen-bond acceptors (Lipinski definition) is 7. The Hall–Kier alpha value is -4.22. The molecule has 0 bridgehead atoms. The predicted octanol–water partition coefficient (Wildman–Crippen LogP) is 4.95. The maximum atomic E-state index is 12.2. The van der Waals surface area contributed by atoms with E-state index in [0.717, 1.165) is 39.0 Å². The fourth-order valence-electron chi connectivity index (χ4n) is 4.66. The summed E-state index contributed by atoms with van der Waals surface area (Å²) in [5.74, 6) is 2.15. The number of benzene rings is 2. The number of anilines is 2. The minimum atomic E-state index is -3.44. The summed E-state index contributed by atoms with van der Waals surface area (Å²) < 4.78 is 33.7. The molecule has 1 aliphatic heterocycles. The lowest BCUT2D eigenvalue weighted by molar-refractivity contribution is 0.266. The van der Waals surface area contributed by atoms with Gasteiger partial charge in [-0.3, -0.25) is 0 Å². The van der Waals surface area contributed by atoms with E-state index >= 15 is 0 Å². The van der Waals surface area contributed by atoms with Gasteiger partial charge in [0.05, 0.1) is 23.1 Å². The first-order valence-corrected chi connectivity index (χ1v) is 13.4. The lowest BCUT2D eigenvalue weighted by Gasteiger charge is -2.31. The molecule has 0 atom stereocenters. The second-order valence-corrected chi connectivity index (χ2v) is 10.7.